The van der Waals surface area contributed by atoms with Gasteiger partial charge in [0.15, 0.2) is 0 Å². The Kier molecular flexibility index (Phi) is 3.30. The van der Waals surface area contributed by atoms with Gasteiger partial charge in [-0.25, -0.2) is 4.79 Å². The van der Waals surface area contributed by atoms with Gasteiger partial charge in [-0.2, -0.15) is 0 Å². The molecule has 3 rings (SSSR count). The lowest BCUT2D eigenvalue weighted by atomic mass is 10.2. The second-order valence-electron chi connectivity index (χ2n) is 5.87. The fraction of sp³-hybridized carbons (Fsp3) is 0.533. The molecule has 20 heavy (non-hydrogen) atoms. The van der Waals surface area contributed by atoms with Gasteiger partial charge in [0, 0.05) is 24.7 Å². The Morgan fingerprint density at radius 2 is 2.25 bits per heavy atom. The number of hydrogen-bond acceptors (Lipinski definition) is 3. The molecule has 0 aliphatic carbocycles. The minimum Gasteiger partial charge on any atom is -0.508 e. The van der Waals surface area contributed by atoms with Crippen LogP contribution in [0.15, 0.2) is 23.0 Å². The summed E-state index contributed by atoms with van der Waals surface area (Å²) in [6.07, 6.45) is 2.31. The highest BCUT2D eigenvalue weighted by Crippen LogP contribution is 2.23. The number of fused-ring (bicyclic) bond motifs is 1. The van der Waals surface area contributed by atoms with E-state index >= 15 is 0 Å². The summed E-state index contributed by atoms with van der Waals surface area (Å²) in [6, 6.07) is 5.89. The van der Waals surface area contributed by atoms with Gasteiger partial charge in [-0.05, 0) is 45.4 Å². The first-order valence-electron chi connectivity index (χ1n) is 7.23. The van der Waals surface area contributed by atoms with Crippen molar-refractivity contribution in [1.29, 1.82) is 0 Å². The summed E-state index contributed by atoms with van der Waals surface area (Å²) in [5, 5.41) is 9.63. The Morgan fingerprint density at radius 3 is 3.00 bits per heavy atom. The van der Waals surface area contributed by atoms with E-state index in [-0.39, 0.29) is 11.4 Å². The van der Waals surface area contributed by atoms with Gasteiger partial charge < -0.3 is 10.1 Å². The average molecular weight is 275 g/mol. The molecule has 1 unspecified atom stereocenters. The zero-order chi connectivity index (χ0) is 14.3. The number of aromatic hydroxyl groups is 1. The summed E-state index contributed by atoms with van der Waals surface area (Å²) in [6.45, 7) is 6.18. The van der Waals surface area contributed by atoms with Crippen molar-refractivity contribution in [3.05, 3.63) is 28.7 Å². The maximum atomic E-state index is 12.1. The van der Waals surface area contributed by atoms with Crippen LogP contribution in [-0.2, 0) is 6.54 Å². The minimum absolute atomic E-state index is 0.0961. The lowest BCUT2D eigenvalue weighted by Crippen LogP contribution is -2.39. The van der Waals surface area contributed by atoms with Crippen LogP contribution in [0.25, 0.3) is 11.0 Å². The van der Waals surface area contributed by atoms with E-state index in [1.807, 2.05) is 0 Å². The largest absolute Gasteiger partial charge is 0.508 e. The van der Waals surface area contributed by atoms with Crippen LogP contribution in [0, 0.1) is 0 Å². The Labute approximate surface area is 117 Å². The van der Waals surface area contributed by atoms with Crippen LogP contribution in [0.1, 0.15) is 26.7 Å². The molecule has 5 nitrogen and oxygen atoms in total. The normalized spacial score (nSPS) is 20.2. The predicted octanol–water partition coefficient (Wildman–Crippen LogP) is 1.91. The third kappa shape index (κ3) is 2.22. The molecule has 1 aliphatic rings. The van der Waals surface area contributed by atoms with Crippen LogP contribution in [0.4, 0.5) is 0 Å². The maximum absolute atomic E-state index is 12.1. The lowest BCUT2D eigenvalue weighted by Gasteiger charge is -2.28. The molecule has 2 aromatic rings. The van der Waals surface area contributed by atoms with Gasteiger partial charge in [0.25, 0.3) is 0 Å². The number of rotatable bonds is 3. The van der Waals surface area contributed by atoms with Crippen molar-refractivity contribution in [2.75, 3.05) is 6.54 Å². The zero-order valence-electron chi connectivity index (χ0n) is 12.0. The summed E-state index contributed by atoms with van der Waals surface area (Å²) in [5.41, 5.74) is 1.47. The number of imidazole rings is 1. The van der Waals surface area contributed by atoms with E-state index in [1.54, 1.807) is 22.8 Å². The SMILES string of the molecule is CC(C)N1CCCC1Cn1c(=O)[nH]c2ccc(O)cc21. The highest BCUT2D eigenvalue weighted by Gasteiger charge is 2.27. The number of aromatic nitrogens is 2. The molecule has 1 saturated heterocycles. The number of nitrogens with one attached hydrogen (secondary N) is 1. The first-order valence-corrected chi connectivity index (χ1v) is 7.23. The zero-order valence-corrected chi connectivity index (χ0v) is 12.0. The summed E-state index contributed by atoms with van der Waals surface area (Å²) in [4.78, 5) is 17.4. The number of phenols is 1. The van der Waals surface area contributed by atoms with Gasteiger partial charge in [-0.15, -0.1) is 0 Å². The molecule has 0 spiro atoms. The van der Waals surface area contributed by atoms with Crippen LogP contribution in [-0.4, -0.2) is 38.2 Å². The van der Waals surface area contributed by atoms with E-state index in [0.717, 1.165) is 24.0 Å². The quantitative estimate of drug-likeness (QED) is 0.899. The van der Waals surface area contributed by atoms with E-state index < -0.39 is 0 Å². The smallest absolute Gasteiger partial charge is 0.326 e. The highest BCUT2D eigenvalue weighted by molar-refractivity contribution is 5.76. The topological polar surface area (TPSA) is 61.3 Å². The molecule has 108 valence electrons. The number of nitrogens with zero attached hydrogens (tertiary/aromatic N) is 2. The summed E-state index contributed by atoms with van der Waals surface area (Å²) in [5.74, 6) is 0.192. The molecule has 0 saturated carbocycles. The summed E-state index contributed by atoms with van der Waals surface area (Å²) < 4.78 is 1.75. The van der Waals surface area contributed by atoms with E-state index in [2.05, 4.69) is 23.7 Å². The average Bonchev–Trinajstić information content (AvgIpc) is 2.96. The number of phenolic OH excluding ortho intramolecular Hbond substituents is 1. The molecule has 2 heterocycles. The third-order valence-electron chi connectivity index (χ3n) is 4.24. The standard InChI is InChI=1S/C15H21N3O2/c1-10(2)17-7-3-4-11(17)9-18-14-8-12(19)5-6-13(14)16-15(18)20/h5-6,8,10-11,19H,3-4,7,9H2,1-2H3,(H,16,20). The van der Waals surface area contributed by atoms with E-state index in [4.69, 9.17) is 0 Å². The van der Waals surface area contributed by atoms with Gasteiger partial charge in [0.05, 0.1) is 11.0 Å². The monoisotopic (exact) mass is 275 g/mol. The summed E-state index contributed by atoms with van der Waals surface area (Å²) in [7, 11) is 0. The Bertz CT molecular complexity index is 671. The minimum atomic E-state index is -0.0961. The molecule has 1 aromatic carbocycles. The van der Waals surface area contributed by atoms with E-state index in [1.165, 1.54) is 6.42 Å². The number of hydrogen-bond donors (Lipinski definition) is 2. The van der Waals surface area contributed by atoms with Crippen LogP contribution < -0.4 is 5.69 Å². The summed E-state index contributed by atoms with van der Waals surface area (Å²) >= 11 is 0. The molecule has 1 fully saturated rings. The molecule has 1 aromatic heterocycles. The first kappa shape index (κ1) is 13.2. The number of benzene rings is 1. The molecule has 0 radical (unpaired) electrons. The molecule has 2 N–H and O–H groups in total. The van der Waals surface area contributed by atoms with Gasteiger partial charge in [0.2, 0.25) is 0 Å². The fourth-order valence-electron chi connectivity index (χ4n) is 3.27. The molecule has 1 aliphatic heterocycles. The number of aromatic amines is 1. The van der Waals surface area contributed by atoms with Crippen molar-refractivity contribution >= 4 is 11.0 Å². The predicted molar refractivity (Wildman–Crippen MR) is 79.1 cm³/mol. The van der Waals surface area contributed by atoms with Gasteiger partial charge in [-0.1, -0.05) is 0 Å². The van der Waals surface area contributed by atoms with Crippen molar-refractivity contribution in [1.82, 2.24) is 14.5 Å². The Hall–Kier alpha value is -1.75. The molecular weight excluding hydrogens is 254 g/mol. The van der Waals surface area contributed by atoms with Crippen molar-refractivity contribution in [3.63, 3.8) is 0 Å². The second kappa shape index (κ2) is 4.98. The third-order valence-corrected chi connectivity index (χ3v) is 4.24. The second-order valence-corrected chi connectivity index (χ2v) is 5.87. The van der Waals surface area contributed by atoms with Crippen molar-refractivity contribution < 1.29 is 5.11 Å². The fourth-order valence-corrected chi connectivity index (χ4v) is 3.27. The van der Waals surface area contributed by atoms with Crippen molar-refractivity contribution in [2.24, 2.45) is 0 Å². The van der Waals surface area contributed by atoms with Crippen LogP contribution in [0.5, 0.6) is 5.75 Å². The maximum Gasteiger partial charge on any atom is 0.326 e. The Balaban J connectivity index is 1.96. The van der Waals surface area contributed by atoms with Crippen LogP contribution in [0.3, 0.4) is 0 Å². The first-order chi connectivity index (χ1) is 9.56. The lowest BCUT2D eigenvalue weighted by molar-refractivity contribution is 0.187. The molecular formula is C15H21N3O2. The van der Waals surface area contributed by atoms with Crippen molar-refractivity contribution in [2.45, 2.75) is 45.3 Å². The molecule has 0 amide bonds. The van der Waals surface area contributed by atoms with Gasteiger partial charge >= 0.3 is 5.69 Å². The molecule has 0 bridgehead atoms. The number of H-pyrrole nitrogens is 1. The molecule has 5 heteroatoms. The van der Waals surface area contributed by atoms with E-state index in [0.29, 0.717) is 18.6 Å². The van der Waals surface area contributed by atoms with Crippen LogP contribution in [0.2, 0.25) is 0 Å². The highest BCUT2D eigenvalue weighted by atomic mass is 16.3. The Morgan fingerprint density at radius 1 is 1.45 bits per heavy atom. The van der Waals surface area contributed by atoms with E-state index in [9.17, 15) is 9.90 Å². The number of likely N-dealkylation sites (tertiary alicyclic amines) is 1. The van der Waals surface area contributed by atoms with Gasteiger partial charge in [-0.3, -0.25) is 9.47 Å². The molecule has 1 atom stereocenters. The van der Waals surface area contributed by atoms with Gasteiger partial charge in [0.1, 0.15) is 5.75 Å². The van der Waals surface area contributed by atoms with Crippen molar-refractivity contribution in [3.8, 4) is 5.75 Å². The van der Waals surface area contributed by atoms with Crippen LogP contribution >= 0.6 is 0 Å².